The van der Waals surface area contributed by atoms with Crippen molar-refractivity contribution in [3.8, 4) is 0 Å². The molecule has 1 atom stereocenters. The van der Waals surface area contributed by atoms with Crippen LogP contribution in [0.1, 0.15) is 110 Å². The molecular weight excluding hydrogens is 336 g/mol. The summed E-state index contributed by atoms with van der Waals surface area (Å²) in [6.45, 7) is 3.76. The molecule has 5 heteroatoms. The van der Waals surface area contributed by atoms with Crippen LogP contribution in [-0.2, 0) is 14.6 Å². The maximum absolute atomic E-state index is 11.7. The van der Waals surface area contributed by atoms with Crippen LogP contribution >= 0.6 is 0 Å². The van der Waals surface area contributed by atoms with E-state index in [1.807, 2.05) is 0 Å². The van der Waals surface area contributed by atoms with Crippen molar-refractivity contribution in [2.45, 2.75) is 115 Å². The van der Waals surface area contributed by atoms with Gasteiger partial charge in [0.1, 0.15) is 0 Å². The second-order valence-electron chi connectivity index (χ2n) is 7.16. The summed E-state index contributed by atoms with van der Waals surface area (Å²) in [5.41, 5.74) is 0. The molecule has 0 aliphatic rings. The van der Waals surface area contributed by atoms with E-state index in [0.29, 0.717) is 6.42 Å². The number of sulfone groups is 1. The summed E-state index contributed by atoms with van der Waals surface area (Å²) < 4.78 is 23.5. The van der Waals surface area contributed by atoms with Crippen molar-refractivity contribution in [1.82, 2.24) is 0 Å². The third-order valence-electron chi connectivity index (χ3n) is 4.93. The van der Waals surface area contributed by atoms with Crippen LogP contribution in [0.3, 0.4) is 0 Å². The fourth-order valence-corrected chi connectivity index (χ4v) is 4.42. The standard InChI is InChI=1S/C20H40O4S/c1-3-5-6-7-8-9-10-11-12-13-14-15-16-17-18-19(20(21)22)25(23,24)4-2/h19H,3-18H2,1-2H3,(H,21,22). The second-order valence-corrected chi connectivity index (χ2v) is 9.64. The maximum atomic E-state index is 11.7. The topological polar surface area (TPSA) is 71.4 Å². The first-order valence-corrected chi connectivity index (χ1v) is 12.1. The fraction of sp³-hybridized carbons (Fsp3) is 0.950. The molecule has 0 aliphatic carbocycles. The third-order valence-corrected chi connectivity index (χ3v) is 7.04. The molecule has 1 N–H and O–H groups in total. The van der Waals surface area contributed by atoms with Crippen molar-refractivity contribution in [2.24, 2.45) is 0 Å². The van der Waals surface area contributed by atoms with E-state index >= 15 is 0 Å². The zero-order valence-corrected chi connectivity index (χ0v) is 17.3. The summed E-state index contributed by atoms with van der Waals surface area (Å²) in [6, 6.07) is 0. The van der Waals surface area contributed by atoms with E-state index < -0.39 is 21.1 Å². The molecule has 0 spiro atoms. The lowest BCUT2D eigenvalue weighted by Gasteiger charge is -2.11. The molecule has 150 valence electrons. The molecule has 0 aliphatic heterocycles. The number of carbonyl (C=O) groups is 1. The van der Waals surface area contributed by atoms with Gasteiger partial charge in [0.05, 0.1) is 0 Å². The highest BCUT2D eigenvalue weighted by Crippen LogP contribution is 2.16. The lowest BCUT2D eigenvalue weighted by Crippen LogP contribution is -2.31. The largest absolute Gasteiger partial charge is 0.480 e. The van der Waals surface area contributed by atoms with Gasteiger partial charge in [-0.05, 0) is 6.42 Å². The van der Waals surface area contributed by atoms with Gasteiger partial charge < -0.3 is 5.11 Å². The smallest absolute Gasteiger partial charge is 0.321 e. The second kappa shape index (κ2) is 15.7. The van der Waals surface area contributed by atoms with Crippen molar-refractivity contribution < 1.29 is 18.3 Å². The minimum atomic E-state index is -3.48. The molecule has 0 radical (unpaired) electrons. The summed E-state index contributed by atoms with van der Waals surface area (Å²) in [6.07, 6.45) is 17.5. The van der Waals surface area contributed by atoms with Crippen molar-refractivity contribution in [1.29, 1.82) is 0 Å². The highest BCUT2D eigenvalue weighted by atomic mass is 32.2. The van der Waals surface area contributed by atoms with Gasteiger partial charge in [-0.15, -0.1) is 0 Å². The van der Waals surface area contributed by atoms with Crippen LogP contribution in [0.4, 0.5) is 0 Å². The van der Waals surface area contributed by atoms with Crippen molar-refractivity contribution in [3.63, 3.8) is 0 Å². The molecule has 1 unspecified atom stereocenters. The molecule has 0 aromatic heterocycles. The Morgan fingerprint density at radius 2 is 1.08 bits per heavy atom. The van der Waals surface area contributed by atoms with Crippen molar-refractivity contribution in [3.05, 3.63) is 0 Å². The third kappa shape index (κ3) is 13.3. The monoisotopic (exact) mass is 376 g/mol. The summed E-state index contributed by atoms with van der Waals surface area (Å²) in [4.78, 5) is 11.1. The SMILES string of the molecule is CCCCCCCCCCCCCCCCC(C(=O)O)S(=O)(=O)CC. The number of hydrogen-bond donors (Lipinski definition) is 1. The number of carboxylic acids is 1. The summed E-state index contributed by atoms with van der Waals surface area (Å²) in [7, 11) is -3.48. The Balaban J connectivity index is 3.48. The lowest BCUT2D eigenvalue weighted by atomic mass is 10.0. The number of carboxylic acid groups (broad SMARTS) is 1. The normalized spacial score (nSPS) is 13.0. The Morgan fingerprint density at radius 1 is 0.720 bits per heavy atom. The predicted molar refractivity (Wildman–Crippen MR) is 106 cm³/mol. The molecule has 0 fully saturated rings. The van der Waals surface area contributed by atoms with E-state index in [2.05, 4.69) is 6.92 Å². The van der Waals surface area contributed by atoms with E-state index in [1.165, 1.54) is 77.6 Å². The van der Waals surface area contributed by atoms with Gasteiger partial charge in [0, 0.05) is 5.75 Å². The molecule has 0 aromatic carbocycles. The minimum absolute atomic E-state index is 0.0947. The van der Waals surface area contributed by atoms with Crippen LogP contribution in [0.25, 0.3) is 0 Å². The van der Waals surface area contributed by atoms with E-state index in [9.17, 15) is 13.2 Å². The molecule has 0 heterocycles. The van der Waals surface area contributed by atoms with Crippen LogP contribution in [0.5, 0.6) is 0 Å². The van der Waals surface area contributed by atoms with Gasteiger partial charge in [-0.3, -0.25) is 4.79 Å². The zero-order chi connectivity index (χ0) is 19.0. The highest BCUT2D eigenvalue weighted by Gasteiger charge is 2.30. The number of aliphatic carboxylic acids is 1. The van der Waals surface area contributed by atoms with Crippen molar-refractivity contribution >= 4 is 15.8 Å². The molecular formula is C20H40O4S. The molecule has 0 amide bonds. The highest BCUT2D eigenvalue weighted by molar-refractivity contribution is 7.92. The Hall–Kier alpha value is -0.580. The van der Waals surface area contributed by atoms with Gasteiger partial charge in [-0.1, -0.05) is 104 Å². The van der Waals surface area contributed by atoms with Crippen LogP contribution in [-0.4, -0.2) is 30.5 Å². The van der Waals surface area contributed by atoms with Crippen LogP contribution in [0.2, 0.25) is 0 Å². The molecule has 0 bridgehead atoms. The number of unbranched alkanes of at least 4 members (excludes halogenated alkanes) is 13. The van der Waals surface area contributed by atoms with Gasteiger partial charge >= 0.3 is 5.97 Å². The van der Waals surface area contributed by atoms with Crippen LogP contribution in [0.15, 0.2) is 0 Å². The van der Waals surface area contributed by atoms with Gasteiger partial charge in [0.15, 0.2) is 15.1 Å². The van der Waals surface area contributed by atoms with E-state index in [-0.39, 0.29) is 12.2 Å². The van der Waals surface area contributed by atoms with E-state index in [0.717, 1.165) is 12.8 Å². The van der Waals surface area contributed by atoms with Gasteiger partial charge in [-0.2, -0.15) is 0 Å². The van der Waals surface area contributed by atoms with Crippen LogP contribution in [0, 0.1) is 0 Å². The first-order valence-electron chi connectivity index (χ1n) is 10.4. The molecule has 0 saturated carbocycles. The lowest BCUT2D eigenvalue weighted by molar-refractivity contribution is -0.136. The van der Waals surface area contributed by atoms with Gasteiger partial charge in [0.25, 0.3) is 0 Å². The maximum Gasteiger partial charge on any atom is 0.321 e. The number of rotatable bonds is 18. The quantitative estimate of drug-likeness (QED) is 0.309. The molecule has 0 aromatic rings. The van der Waals surface area contributed by atoms with Gasteiger partial charge in [-0.25, -0.2) is 8.42 Å². The average molecular weight is 377 g/mol. The Bertz CT molecular complexity index is 417. The van der Waals surface area contributed by atoms with Crippen LogP contribution < -0.4 is 0 Å². The fourth-order valence-electron chi connectivity index (χ4n) is 3.18. The number of hydrogen-bond acceptors (Lipinski definition) is 3. The van der Waals surface area contributed by atoms with E-state index in [4.69, 9.17) is 5.11 Å². The van der Waals surface area contributed by atoms with Crippen molar-refractivity contribution in [2.75, 3.05) is 5.75 Å². The summed E-state index contributed by atoms with van der Waals surface area (Å²) >= 11 is 0. The molecule has 0 saturated heterocycles. The predicted octanol–water partition coefficient (Wildman–Crippen LogP) is 5.75. The molecule has 4 nitrogen and oxygen atoms in total. The Labute approximate surface area is 155 Å². The molecule has 0 rings (SSSR count). The zero-order valence-electron chi connectivity index (χ0n) is 16.5. The first kappa shape index (κ1) is 24.4. The summed E-state index contributed by atoms with van der Waals surface area (Å²) in [5.74, 6) is -1.29. The summed E-state index contributed by atoms with van der Waals surface area (Å²) in [5, 5.41) is 7.85. The van der Waals surface area contributed by atoms with Gasteiger partial charge in [0.2, 0.25) is 0 Å². The average Bonchev–Trinajstić information content (AvgIpc) is 2.57. The Kier molecular flexibility index (Phi) is 15.3. The molecule has 25 heavy (non-hydrogen) atoms. The minimum Gasteiger partial charge on any atom is -0.480 e. The Morgan fingerprint density at radius 3 is 1.40 bits per heavy atom. The van der Waals surface area contributed by atoms with E-state index in [1.54, 1.807) is 0 Å². The first-order chi connectivity index (χ1) is 12.0.